The Balaban J connectivity index is 1.77. The Hall–Kier alpha value is -0.160. The summed E-state index contributed by atoms with van der Waals surface area (Å²) < 4.78 is 0. The highest BCUT2D eigenvalue weighted by Gasteiger charge is 2.46. The van der Waals surface area contributed by atoms with Gasteiger partial charge in [-0.05, 0) is 38.5 Å². The molecule has 3 aliphatic rings. The van der Waals surface area contributed by atoms with E-state index in [1.165, 1.54) is 12.8 Å². The molecule has 6 atom stereocenters. The van der Waals surface area contributed by atoms with Gasteiger partial charge in [-0.25, -0.2) is 0 Å². The zero-order valence-electron chi connectivity index (χ0n) is 8.88. The van der Waals surface area contributed by atoms with Crippen molar-refractivity contribution in [2.45, 2.75) is 50.9 Å². The van der Waals surface area contributed by atoms with E-state index in [1.807, 2.05) is 0 Å². The highest BCUT2D eigenvalue weighted by atomic mass is 15.5. The Morgan fingerprint density at radius 3 is 1.71 bits per heavy atom. The van der Waals surface area contributed by atoms with Crippen LogP contribution in [0.4, 0.5) is 0 Å². The lowest BCUT2D eigenvalue weighted by Crippen LogP contribution is -2.45. The summed E-state index contributed by atoms with van der Waals surface area (Å²) in [5.41, 5.74) is 13.6. The fraction of sp³-hybridized carbons (Fsp3) is 1.00. The molecule has 0 radical (unpaired) electrons. The van der Waals surface area contributed by atoms with E-state index in [9.17, 15) is 0 Å². The summed E-state index contributed by atoms with van der Waals surface area (Å²) >= 11 is 0. The van der Waals surface area contributed by atoms with Crippen molar-refractivity contribution in [2.24, 2.45) is 11.8 Å². The van der Waals surface area contributed by atoms with E-state index in [0.29, 0.717) is 24.2 Å². The number of nitrogens with one attached hydrogen (secondary N) is 4. The lowest BCUT2D eigenvalue weighted by Gasteiger charge is -2.35. The predicted molar refractivity (Wildman–Crippen MR) is 55.3 cm³/mol. The molecule has 0 bridgehead atoms. The van der Waals surface area contributed by atoms with Gasteiger partial charge in [0.2, 0.25) is 0 Å². The van der Waals surface area contributed by atoms with Crippen molar-refractivity contribution in [2.75, 3.05) is 0 Å². The van der Waals surface area contributed by atoms with E-state index in [-0.39, 0.29) is 0 Å². The van der Waals surface area contributed by atoms with Crippen LogP contribution < -0.4 is 21.7 Å². The smallest absolute Gasteiger partial charge is 0.0272 e. The minimum absolute atomic E-state index is 0.633. The molecule has 1 aliphatic carbocycles. The largest absolute Gasteiger partial charge is 0.254 e. The first-order valence-corrected chi connectivity index (χ1v) is 5.78. The molecule has 0 spiro atoms. The molecular weight excluding hydrogens is 176 g/mol. The number of hydrazine groups is 2. The van der Waals surface area contributed by atoms with Crippen LogP contribution in [-0.4, -0.2) is 24.2 Å². The van der Waals surface area contributed by atoms with E-state index in [0.717, 1.165) is 11.8 Å². The average Bonchev–Trinajstić information content (AvgIpc) is 2.71. The second kappa shape index (κ2) is 3.17. The Kier molecular flexibility index (Phi) is 2.06. The molecule has 14 heavy (non-hydrogen) atoms. The summed E-state index contributed by atoms with van der Waals surface area (Å²) in [6.07, 6.45) is 2.60. The summed E-state index contributed by atoms with van der Waals surface area (Å²) in [5.74, 6) is 1.64. The zero-order chi connectivity index (χ0) is 9.71. The van der Waals surface area contributed by atoms with Gasteiger partial charge < -0.3 is 0 Å². The van der Waals surface area contributed by atoms with Gasteiger partial charge in [0.15, 0.2) is 0 Å². The molecule has 4 N–H and O–H groups in total. The molecule has 0 aromatic heterocycles. The van der Waals surface area contributed by atoms with E-state index in [2.05, 4.69) is 35.6 Å². The molecule has 2 saturated heterocycles. The molecule has 6 unspecified atom stereocenters. The molecule has 0 aromatic rings. The third-order valence-corrected chi connectivity index (χ3v) is 4.36. The fourth-order valence-electron chi connectivity index (χ4n) is 3.39. The molecule has 0 amide bonds. The van der Waals surface area contributed by atoms with Gasteiger partial charge in [0.1, 0.15) is 0 Å². The molecule has 4 nitrogen and oxygen atoms in total. The van der Waals surface area contributed by atoms with Crippen molar-refractivity contribution in [3.8, 4) is 0 Å². The zero-order valence-corrected chi connectivity index (χ0v) is 8.88. The van der Waals surface area contributed by atoms with Gasteiger partial charge in [0, 0.05) is 24.2 Å². The highest BCUT2D eigenvalue weighted by molar-refractivity contribution is 5.03. The monoisotopic (exact) mass is 196 g/mol. The van der Waals surface area contributed by atoms with E-state index in [4.69, 9.17) is 0 Å². The maximum absolute atomic E-state index is 3.42. The Bertz CT molecular complexity index is 210. The van der Waals surface area contributed by atoms with Crippen LogP contribution in [0.2, 0.25) is 0 Å². The SMILES string of the molecule is CC1NNC2CC3NNC(C)C3CC12. The van der Waals surface area contributed by atoms with Crippen molar-refractivity contribution in [3.05, 3.63) is 0 Å². The average molecular weight is 196 g/mol. The van der Waals surface area contributed by atoms with Gasteiger partial charge in [0.05, 0.1) is 0 Å². The number of fused-ring (bicyclic) bond motifs is 2. The van der Waals surface area contributed by atoms with Gasteiger partial charge >= 0.3 is 0 Å². The number of hydrogen-bond donors (Lipinski definition) is 4. The van der Waals surface area contributed by atoms with Gasteiger partial charge in [0.25, 0.3) is 0 Å². The van der Waals surface area contributed by atoms with Gasteiger partial charge in [-0.1, -0.05) is 0 Å². The minimum atomic E-state index is 0.633. The second-order valence-corrected chi connectivity index (χ2v) is 5.17. The summed E-state index contributed by atoms with van der Waals surface area (Å²) in [6.45, 7) is 4.58. The molecule has 2 heterocycles. The van der Waals surface area contributed by atoms with Crippen LogP contribution in [-0.2, 0) is 0 Å². The van der Waals surface area contributed by atoms with Crippen molar-refractivity contribution in [1.29, 1.82) is 0 Å². The third kappa shape index (κ3) is 1.21. The molecule has 4 heteroatoms. The van der Waals surface area contributed by atoms with Crippen LogP contribution in [0, 0.1) is 11.8 Å². The Morgan fingerprint density at radius 2 is 1.21 bits per heavy atom. The molecule has 1 saturated carbocycles. The van der Waals surface area contributed by atoms with Crippen LogP contribution in [0.3, 0.4) is 0 Å². The van der Waals surface area contributed by atoms with Crippen LogP contribution in [0.15, 0.2) is 0 Å². The van der Waals surface area contributed by atoms with Crippen LogP contribution in [0.5, 0.6) is 0 Å². The second-order valence-electron chi connectivity index (χ2n) is 5.17. The molecule has 0 aromatic carbocycles. The maximum atomic E-state index is 3.42. The lowest BCUT2D eigenvalue weighted by molar-refractivity contribution is 0.209. The van der Waals surface area contributed by atoms with E-state index in [1.54, 1.807) is 0 Å². The van der Waals surface area contributed by atoms with Crippen LogP contribution in [0.1, 0.15) is 26.7 Å². The summed E-state index contributed by atoms with van der Waals surface area (Å²) in [6, 6.07) is 2.61. The van der Waals surface area contributed by atoms with Crippen molar-refractivity contribution >= 4 is 0 Å². The first-order chi connectivity index (χ1) is 6.75. The molecule has 3 rings (SSSR count). The molecular formula is C10H20N4. The fourth-order valence-corrected chi connectivity index (χ4v) is 3.39. The quantitative estimate of drug-likeness (QED) is 0.431. The van der Waals surface area contributed by atoms with Crippen LogP contribution >= 0.6 is 0 Å². The van der Waals surface area contributed by atoms with E-state index < -0.39 is 0 Å². The first kappa shape index (κ1) is 9.09. The Labute approximate surface area is 85.1 Å². The third-order valence-electron chi connectivity index (χ3n) is 4.36. The standard InChI is InChI=1S/C10H20N4/c1-5-7-3-8-6(2)12-14-10(8)4-9(7)13-11-5/h5-14H,3-4H2,1-2H3. The maximum Gasteiger partial charge on any atom is 0.0272 e. The summed E-state index contributed by atoms with van der Waals surface area (Å²) in [4.78, 5) is 0. The van der Waals surface area contributed by atoms with Crippen molar-refractivity contribution in [1.82, 2.24) is 21.7 Å². The van der Waals surface area contributed by atoms with E-state index >= 15 is 0 Å². The van der Waals surface area contributed by atoms with Gasteiger partial charge in [-0.15, -0.1) is 0 Å². The summed E-state index contributed by atoms with van der Waals surface area (Å²) in [5, 5.41) is 0. The van der Waals surface area contributed by atoms with Gasteiger partial charge in [-0.3, -0.25) is 21.7 Å². The van der Waals surface area contributed by atoms with Gasteiger partial charge in [-0.2, -0.15) is 0 Å². The molecule has 3 fully saturated rings. The summed E-state index contributed by atoms with van der Waals surface area (Å²) in [7, 11) is 0. The first-order valence-electron chi connectivity index (χ1n) is 5.78. The van der Waals surface area contributed by atoms with Crippen molar-refractivity contribution < 1.29 is 0 Å². The normalized spacial score (nSPS) is 57.0. The molecule has 2 aliphatic heterocycles. The number of hydrogen-bond acceptors (Lipinski definition) is 4. The lowest BCUT2D eigenvalue weighted by atomic mass is 9.72. The predicted octanol–water partition coefficient (Wildman–Crippen LogP) is -0.258. The number of rotatable bonds is 0. The van der Waals surface area contributed by atoms with Crippen molar-refractivity contribution in [3.63, 3.8) is 0 Å². The highest BCUT2D eigenvalue weighted by Crippen LogP contribution is 2.37. The topological polar surface area (TPSA) is 48.1 Å². The van der Waals surface area contributed by atoms with Crippen LogP contribution in [0.25, 0.3) is 0 Å². The Morgan fingerprint density at radius 1 is 0.714 bits per heavy atom. The molecule has 80 valence electrons. The minimum Gasteiger partial charge on any atom is -0.254 e.